The van der Waals surface area contributed by atoms with Gasteiger partial charge in [-0.1, -0.05) is 20.3 Å². The van der Waals surface area contributed by atoms with Gasteiger partial charge in [0.25, 0.3) is 0 Å². The maximum Gasteiger partial charge on any atom is 0.328 e. The van der Waals surface area contributed by atoms with Crippen molar-refractivity contribution in [2.24, 2.45) is 11.7 Å². The number of carboxylic acid groups (broad SMARTS) is 1. The average Bonchev–Trinajstić information content (AvgIpc) is 3.31. The summed E-state index contributed by atoms with van der Waals surface area (Å²) < 4.78 is 0. The Bertz CT molecular complexity index is 805. The highest BCUT2D eigenvalue weighted by Gasteiger charge is 2.37. The Morgan fingerprint density at radius 3 is 2.20 bits per heavy atom. The molecule has 5 amide bonds. The molecule has 198 valence electrons. The van der Waals surface area contributed by atoms with Crippen LogP contribution in [0, 0.1) is 5.92 Å². The third-order valence-corrected chi connectivity index (χ3v) is 5.74. The van der Waals surface area contributed by atoms with Crippen molar-refractivity contribution in [3.05, 3.63) is 0 Å². The highest BCUT2D eigenvalue weighted by Crippen LogP contribution is 2.18. The Balaban J connectivity index is 2.76. The third-order valence-electron chi connectivity index (χ3n) is 5.74. The lowest BCUT2D eigenvalue weighted by Gasteiger charge is -2.28. The van der Waals surface area contributed by atoms with Crippen molar-refractivity contribution in [2.45, 2.75) is 64.2 Å². The zero-order valence-corrected chi connectivity index (χ0v) is 20.2. The molecule has 1 heterocycles. The molecule has 0 radical (unpaired) electrons. The molecule has 1 aliphatic heterocycles. The van der Waals surface area contributed by atoms with Gasteiger partial charge in [0.2, 0.25) is 29.5 Å². The summed E-state index contributed by atoms with van der Waals surface area (Å²) in [6.07, 6.45) is 1.47. The fraction of sp³-hybridized carbons (Fsp3) is 0.714. The number of aliphatic hydroxyl groups excluding tert-OH is 1. The molecular weight excluding hydrogens is 464 g/mol. The van der Waals surface area contributed by atoms with Crippen molar-refractivity contribution in [1.29, 1.82) is 0 Å². The average molecular weight is 501 g/mol. The van der Waals surface area contributed by atoms with E-state index in [1.54, 1.807) is 6.92 Å². The predicted molar refractivity (Wildman–Crippen MR) is 122 cm³/mol. The molecular formula is C21H36N6O8. The van der Waals surface area contributed by atoms with Gasteiger partial charge in [-0.3, -0.25) is 24.0 Å². The Morgan fingerprint density at radius 1 is 1.03 bits per heavy atom. The van der Waals surface area contributed by atoms with Gasteiger partial charge in [0.1, 0.15) is 18.1 Å². The van der Waals surface area contributed by atoms with Gasteiger partial charge in [0.15, 0.2) is 0 Å². The van der Waals surface area contributed by atoms with Crippen molar-refractivity contribution < 1.29 is 39.0 Å². The topological polar surface area (TPSA) is 220 Å². The Labute approximate surface area is 203 Å². The van der Waals surface area contributed by atoms with Gasteiger partial charge in [-0.2, -0.15) is 0 Å². The fourth-order valence-electron chi connectivity index (χ4n) is 3.42. The van der Waals surface area contributed by atoms with Gasteiger partial charge in [-0.25, -0.2) is 4.79 Å². The zero-order valence-electron chi connectivity index (χ0n) is 20.2. The second-order valence-corrected chi connectivity index (χ2v) is 8.48. The molecule has 0 aromatic rings. The van der Waals surface area contributed by atoms with Crippen LogP contribution in [-0.2, 0) is 28.8 Å². The number of aliphatic hydroxyl groups is 1. The number of rotatable bonds is 13. The zero-order chi connectivity index (χ0) is 26.7. The first kappa shape index (κ1) is 29.8. The number of carbonyl (C=O) groups excluding carboxylic acids is 5. The van der Waals surface area contributed by atoms with Crippen molar-refractivity contribution in [3.63, 3.8) is 0 Å². The van der Waals surface area contributed by atoms with Gasteiger partial charge >= 0.3 is 5.97 Å². The molecule has 1 aliphatic rings. The summed E-state index contributed by atoms with van der Waals surface area (Å²) in [6.45, 7) is 3.67. The van der Waals surface area contributed by atoms with Gasteiger partial charge < -0.3 is 42.1 Å². The standard InChI is InChI=1S/C21H36N6O8/c1-4-11(2)17(20(33)23-8-15(29)25-13(10-28)21(34)35)26-19(32)14-6-5-7-27(14)16(30)9-24-18(31)12(3)22/h11-14,17,28H,4-10,22H2,1-3H3,(H,23,33)(H,24,31)(H,25,29)(H,26,32)(H,34,35). The monoisotopic (exact) mass is 500 g/mol. The van der Waals surface area contributed by atoms with Crippen LogP contribution in [0.3, 0.4) is 0 Å². The van der Waals surface area contributed by atoms with Gasteiger partial charge in [0.05, 0.1) is 25.7 Å². The van der Waals surface area contributed by atoms with Gasteiger partial charge in [-0.05, 0) is 25.7 Å². The molecule has 35 heavy (non-hydrogen) atoms. The van der Waals surface area contributed by atoms with E-state index in [4.69, 9.17) is 15.9 Å². The Kier molecular flexibility index (Phi) is 12.1. The molecule has 5 unspecified atom stereocenters. The highest BCUT2D eigenvalue weighted by atomic mass is 16.4. The highest BCUT2D eigenvalue weighted by molar-refractivity contribution is 5.95. The van der Waals surface area contributed by atoms with Crippen LogP contribution in [-0.4, -0.2) is 101 Å². The molecule has 14 heteroatoms. The molecule has 0 aromatic carbocycles. The maximum absolute atomic E-state index is 13.0. The number of carboxylic acids is 1. The lowest BCUT2D eigenvalue weighted by Crippen LogP contribution is -2.57. The summed E-state index contributed by atoms with van der Waals surface area (Å²) in [5, 5.41) is 27.3. The van der Waals surface area contributed by atoms with Crippen molar-refractivity contribution in [2.75, 3.05) is 26.2 Å². The summed E-state index contributed by atoms with van der Waals surface area (Å²) in [6, 6.07) is -4.12. The predicted octanol–water partition coefficient (Wildman–Crippen LogP) is -3.35. The van der Waals surface area contributed by atoms with E-state index in [1.165, 1.54) is 11.8 Å². The molecule has 0 bridgehead atoms. The van der Waals surface area contributed by atoms with E-state index in [9.17, 15) is 28.8 Å². The lowest BCUT2D eigenvalue weighted by molar-refractivity contribution is -0.143. The van der Waals surface area contributed by atoms with Crippen LogP contribution in [0.15, 0.2) is 0 Å². The number of hydrogen-bond donors (Lipinski definition) is 7. The molecule has 14 nitrogen and oxygen atoms in total. The Morgan fingerprint density at radius 2 is 1.66 bits per heavy atom. The van der Waals surface area contributed by atoms with Crippen LogP contribution in [0.2, 0.25) is 0 Å². The quantitative estimate of drug-likeness (QED) is 0.134. The van der Waals surface area contributed by atoms with E-state index in [2.05, 4.69) is 21.3 Å². The maximum atomic E-state index is 13.0. The SMILES string of the molecule is CCC(C)C(NC(=O)C1CCCN1C(=O)CNC(=O)C(C)N)C(=O)NCC(=O)NC(CO)C(=O)O. The fourth-order valence-corrected chi connectivity index (χ4v) is 3.42. The van der Waals surface area contributed by atoms with Crippen molar-refractivity contribution in [3.8, 4) is 0 Å². The number of hydrogen-bond acceptors (Lipinski definition) is 8. The van der Waals surface area contributed by atoms with Crippen molar-refractivity contribution >= 4 is 35.5 Å². The third kappa shape index (κ3) is 9.13. The van der Waals surface area contributed by atoms with Crippen LogP contribution < -0.4 is 27.0 Å². The summed E-state index contributed by atoms with van der Waals surface area (Å²) >= 11 is 0. The first-order chi connectivity index (χ1) is 16.4. The molecule has 8 N–H and O–H groups in total. The van der Waals surface area contributed by atoms with Crippen LogP contribution in [0.25, 0.3) is 0 Å². The van der Waals surface area contributed by atoms with Gasteiger partial charge in [-0.15, -0.1) is 0 Å². The minimum Gasteiger partial charge on any atom is -0.480 e. The van der Waals surface area contributed by atoms with Crippen LogP contribution in [0.1, 0.15) is 40.0 Å². The van der Waals surface area contributed by atoms with Crippen molar-refractivity contribution in [1.82, 2.24) is 26.2 Å². The first-order valence-electron chi connectivity index (χ1n) is 11.5. The minimum atomic E-state index is -1.51. The molecule has 0 aliphatic carbocycles. The lowest BCUT2D eigenvalue weighted by atomic mass is 9.97. The van der Waals surface area contributed by atoms with E-state index in [1.807, 2.05) is 6.92 Å². The summed E-state index contributed by atoms with van der Waals surface area (Å²) in [7, 11) is 0. The van der Waals surface area contributed by atoms with Gasteiger partial charge in [0, 0.05) is 6.54 Å². The van der Waals surface area contributed by atoms with Crippen LogP contribution in [0.4, 0.5) is 0 Å². The number of nitrogens with zero attached hydrogens (tertiary/aromatic N) is 1. The molecule has 1 saturated heterocycles. The number of nitrogens with two attached hydrogens (primary N) is 1. The minimum absolute atomic E-state index is 0.306. The normalized spacial score (nSPS) is 18.5. The molecule has 0 spiro atoms. The molecule has 0 saturated carbocycles. The van der Waals surface area contributed by atoms with Crippen LogP contribution in [0.5, 0.6) is 0 Å². The van der Waals surface area contributed by atoms with E-state index < -0.39 is 72.8 Å². The molecule has 0 aromatic heterocycles. The first-order valence-corrected chi connectivity index (χ1v) is 11.5. The van der Waals surface area contributed by atoms with E-state index >= 15 is 0 Å². The smallest absolute Gasteiger partial charge is 0.328 e. The summed E-state index contributed by atoms with van der Waals surface area (Å²) in [5.74, 6) is -4.70. The number of carbonyl (C=O) groups is 6. The van der Waals surface area contributed by atoms with Crippen LogP contribution >= 0.6 is 0 Å². The summed E-state index contributed by atoms with van der Waals surface area (Å²) in [4.78, 5) is 74.0. The van der Waals surface area contributed by atoms with E-state index in [0.717, 1.165) is 0 Å². The second kappa shape index (κ2) is 14.2. The Hall–Kier alpha value is -3.26. The summed E-state index contributed by atoms with van der Waals surface area (Å²) in [5.41, 5.74) is 5.46. The second-order valence-electron chi connectivity index (χ2n) is 8.48. The van der Waals surface area contributed by atoms with E-state index in [-0.39, 0.29) is 12.5 Å². The molecule has 1 rings (SSSR count). The largest absolute Gasteiger partial charge is 0.480 e. The number of nitrogens with one attached hydrogen (secondary N) is 4. The number of aliphatic carboxylic acids is 1. The molecule has 5 atom stereocenters. The molecule has 1 fully saturated rings. The number of amides is 5. The number of likely N-dealkylation sites (tertiary alicyclic amines) is 1. The van der Waals surface area contributed by atoms with E-state index in [0.29, 0.717) is 25.8 Å².